The molecule has 0 unspecified atom stereocenters. The van der Waals surface area contributed by atoms with Gasteiger partial charge in [0.1, 0.15) is 52.4 Å². The number of ether oxygens (including phenoxy) is 4. The number of nitrogens with zero attached hydrogens (tertiary/aromatic N) is 2. The van der Waals surface area contributed by atoms with E-state index in [1.54, 1.807) is 47.2 Å². The van der Waals surface area contributed by atoms with Gasteiger partial charge < -0.3 is 28.1 Å². The van der Waals surface area contributed by atoms with E-state index in [1.165, 1.54) is 79.9 Å². The van der Waals surface area contributed by atoms with Crippen LogP contribution in [0.4, 0.5) is 39.5 Å². The lowest BCUT2D eigenvalue weighted by atomic mass is 10.1. The van der Waals surface area contributed by atoms with Crippen molar-refractivity contribution in [3.8, 4) is 0 Å². The number of alkyl halides is 1. The minimum Gasteiger partial charge on any atom is -0.468 e. The van der Waals surface area contributed by atoms with Crippen molar-refractivity contribution in [1.29, 1.82) is 0 Å². The third-order valence-corrected chi connectivity index (χ3v) is 19.4. The maximum absolute atomic E-state index is 14.4. The fraction of sp³-hybridized carbons (Fsp3) is 0.194. The van der Waals surface area contributed by atoms with Crippen molar-refractivity contribution in [2.24, 2.45) is 0 Å². The summed E-state index contributed by atoms with van der Waals surface area (Å²) in [6.45, 7) is 0.643. The highest BCUT2D eigenvalue weighted by atomic mass is 79.9. The summed E-state index contributed by atoms with van der Waals surface area (Å²) in [6.07, 6.45) is 9.39. The SMILES string of the molecule is COC(=O)CS.COC(=O)CS(=O)(=O)c1cn(Cc2cccc(Br)c2)c2cc(F)cc(F)c12.COC(=O)CSC1=CCc2cc(F)cc(F)c21.COC(=O)CSc1cn(Cc2cccc(Br)c2)c2cc(F)cc(F)c12.Fc1cc(F)c2c(c1)CC=C2.Fc1ccc(Br)cc1CBr. The number of thioether (sulfide) groups is 2. The van der Waals surface area contributed by atoms with Gasteiger partial charge in [0.2, 0.25) is 0 Å². The van der Waals surface area contributed by atoms with Gasteiger partial charge in [0.05, 0.1) is 67.0 Å². The van der Waals surface area contributed by atoms with Crippen LogP contribution >= 0.6 is 99.9 Å². The van der Waals surface area contributed by atoms with E-state index in [0.29, 0.717) is 73.7 Å². The zero-order valence-corrected chi connectivity index (χ0v) is 60.5. The Labute approximate surface area is 593 Å². The minimum absolute atomic E-state index is 0.0588. The lowest BCUT2D eigenvalue weighted by Crippen LogP contribution is -2.17. The number of rotatable bonds is 15. The highest BCUT2D eigenvalue weighted by Crippen LogP contribution is 2.39. The molecular formula is C67H55Br4F9N2O10S4. The number of methoxy groups -OCH3 is 4. The Morgan fingerprint density at radius 3 is 1.57 bits per heavy atom. The van der Waals surface area contributed by atoms with Gasteiger partial charge in [0, 0.05) is 94.8 Å². The fourth-order valence-corrected chi connectivity index (χ4v) is 14.2. The van der Waals surface area contributed by atoms with E-state index in [4.69, 9.17) is 0 Å². The molecule has 2 aliphatic rings. The molecule has 508 valence electrons. The summed E-state index contributed by atoms with van der Waals surface area (Å²) < 4.78 is 170. The van der Waals surface area contributed by atoms with Gasteiger partial charge in [-0.2, -0.15) is 12.6 Å². The second-order valence-electron chi connectivity index (χ2n) is 20.0. The Balaban J connectivity index is 0.000000194. The Bertz CT molecular complexity index is 4490. The van der Waals surface area contributed by atoms with Crippen LogP contribution in [0.25, 0.3) is 32.8 Å². The third-order valence-electron chi connectivity index (χ3n) is 13.4. The molecular weight excluding hydrogens is 1610 g/mol. The van der Waals surface area contributed by atoms with Crippen LogP contribution in [0.3, 0.4) is 0 Å². The molecule has 7 aromatic carbocycles. The van der Waals surface area contributed by atoms with Crippen molar-refractivity contribution < 1.29 is 86.1 Å². The largest absolute Gasteiger partial charge is 0.468 e. The van der Waals surface area contributed by atoms with Gasteiger partial charge >= 0.3 is 23.9 Å². The Morgan fingerprint density at radius 1 is 0.542 bits per heavy atom. The van der Waals surface area contributed by atoms with Gasteiger partial charge in [-0.15, -0.1) is 23.5 Å². The second-order valence-corrected chi connectivity index (χ2v) is 27.6. The smallest absolute Gasteiger partial charge is 0.321 e. The molecule has 0 fully saturated rings. The van der Waals surface area contributed by atoms with Crippen LogP contribution in [0.2, 0.25) is 0 Å². The van der Waals surface area contributed by atoms with Crippen LogP contribution in [0.5, 0.6) is 0 Å². The van der Waals surface area contributed by atoms with Crippen LogP contribution in [-0.2, 0) is 79.2 Å². The summed E-state index contributed by atoms with van der Waals surface area (Å²) in [6, 6.07) is 28.1. The molecule has 2 aromatic heterocycles. The number of halogens is 13. The first-order valence-corrected chi connectivity index (χ1v) is 35.5. The molecule has 0 radical (unpaired) electrons. The Hall–Kier alpha value is -6.73. The number of allylic oxidation sites excluding steroid dienone is 2. The fourth-order valence-electron chi connectivity index (χ4n) is 9.07. The summed E-state index contributed by atoms with van der Waals surface area (Å²) in [4.78, 5) is 44.6. The lowest BCUT2D eigenvalue weighted by molar-refractivity contribution is -0.138. The molecule has 0 amide bonds. The van der Waals surface area contributed by atoms with Crippen molar-refractivity contribution >= 4 is 166 Å². The van der Waals surface area contributed by atoms with Gasteiger partial charge in [-0.25, -0.2) is 47.9 Å². The van der Waals surface area contributed by atoms with E-state index in [9.17, 15) is 67.1 Å². The maximum atomic E-state index is 14.4. The maximum Gasteiger partial charge on any atom is 0.321 e. The van der Waals surface area contributed by atoms with E-state index in [-0.39, 0.29) is 57.4 Å². The molecule has 0 saturated carbocycles. The van der Waals surface area contributed by atoms with E-state index < -0.39 is 74.1 Å². The first kappa shape index (κ1) is 78.3. The van der Waals surface area contributed by atoms with E-state index in [1.807, 2.05) is 42.5 Å². The van der Waals surface area contributed by atoms with Gasteiger partial charge in [0.25, 0.3) is 0 Å². The summed E-state index contributed by atoms with van der Waals surface area (Å²) >= 11 is 19.2. The molecule has 0 aliphatic heterocycles. The van der Waals surface area contributed by atoms with Gasteiger partial charge in [-0.05, 0) is 107 Å². The number of fused-ring (bicyclic) bond motifs is 4. The number of sulfone groups is 1. The van der Waals surface area contributed by atoms with Crippen LogP contribution in [-0.4, -0.2) is 92.9 Å². The van der Waals surface area contributed by atoms with E-state index in [2.05, 4.69) is 95.3 Å². The van der Waals surface area contributed by atoms with E-state index in [0.717, 1.165) is 61.5 Å². The average molecular weight is 1670 g/mol. The summed E-state index contributed by atoms with van der Waals surface area (Å²) in [5.74, 6) is -8.02. The number of carbonyl (C=O) groups excluding carboxylic acids is 4. The molecule has 2 heterocycles. The zero-order valence-electron chi connectivity index (χ0n) is 50.8. The molecule has 96 heavy (non-hydrogen) atoms. The van der Waals surface area contributed by atoms with Crippen molar-refractivity contribution in [2.75, 3.05) is 51.5 Å². The second kappa shape index (κ2) is 37.3. The third kappa shape index (κ3) is 22.4. The molecule has 11 rings (SSSR count). The average Bonchev–Trinajstić information content (AvgIpc) is 1.61. The quantitative estimate of drug-likeness (QED) is 0.0260. The number of carbonyl (C=O) groups is 4. The molecule has 0 bridgehead atoms. The predicted octanol–water partition coefficient (Wildman–Crippen LogP) is 17.5. The number of aromatic nitrogens is 2. The summed E-state index contributed by atoms with van der Waals surface area (Å²) in [5.41, 5.74) is 5.28. The molecule has 0 atom stereocenters. The van der Waals surface area contributed by atoms with Crippen molar-refractivity contribution in [3.05, 3.63) is 245 Å². The van der Waals surface area contributed by atoms with Gasteiger partial charge in [-0.3, -0.25) is 19.2 Å². The predicted molar refractivity (Wildman–Crippen MR) is 371 cm³/mol. The molecule has 9 aromatic rings. The monoisotopic (exact) mass is 1660 g/mol. The zero-order chi connectivity index (χ0) is 70.6. The number of thiol groups is 1. The van der Waals surface area contributed by atoms with Crippen LogP contribution < -0.4 is 0 Å². The Morgan fingerprint density at radius 2 is 1.04 bits per heavy atom. The number of hydrogen-bond donors (Lipinski definition) is 1. The van der Waals surface area contributed by atoms with E-state index >= 15 is 0 Å². The molecule has 0 N–H and O–H groups in total. The normalized spacial score (nSPS) is 11.6. The van der Waals surface area contributed by atoms with Gasteiger partial charge in [0.15, 0.2) is 15.6 Å². The van der Waals surface area contributed by atoms with Crippen LogP contribution in [0, 0.1) is 52.4 Å². The summed E-state index contributed by atoms with van der Waals surface area (Å²) in [7, 11) is 0.814. The first-order valence-electron chi connectivity index (χ1n) is 27.8. The first-order chi connectivity index (χ1) is 45.6. The van der Waals surface area contributed by atoms with Crippen molar-refractivity contribution in [1.82, 2.24) is 9.13 Å². The minimum atomic E-state index is -4.18. The highest BCUT2D eigenvalue weighted by Gasteiger charge is 2.28. The molecule has 2 aliphatic carbocycles. The number of hydrogen-bond acceptors (Lipinski definition) is 13. The van der Waals surface area contributed by atoms with Crippen molar-refractivity contribution in [3.63, 3.8) is 0 Å². The van der Waals surface area contributed by atoms with Gasteiger partial charge in [-0.1, -0.05) is 106 Å². The molecule has 0 saturated heterocycles. The van der Waals surface area contributed by atoms with Crippen LogP contribution in [0.1, 0.15) is 38.9 Å². The highest BCUT2D eigenvalue weighted by molar-refractivity contribution is 9.11. The lowest BCUT2D eigenvalue weighted by Gasteiger charge is -2.06. The number of benzene rings is 7. The topological polar surface area (TPSA) is 149 Å². The Kier molecular flexibility index (Phi) is 30.4. The molecule has 0 spiro atoms. The van der Waals surface area contributed by atoms with Crippen molar-refractivity contribution in [2.45, 2.75) is 41.1 Å². The van der Waals surface area contributed by atoms with Crippen LogP contribution in [0.15, 0.2) is 163 Å². The summed E-state index contributed by atoms with van der Waals surface area (Å²) in [5, 5.41) is 0.610. The number of esters is 4. The molecule has 29 heteroatoms. The standard InChI is InChI=1S/C18H14BrF2NO4S.C18H14BrF2NO2S.C12H10F2O2S.C9H6F2.C7H5Br2F.C3H6O2S/c1-26-17(23)10-27(24,25)16-9-22(8-11-3-2-4-12(19)5-11)15-7-13(20)6-14(21)18(15)16;1-24-17(23)10-25-16-9-22(8-11-3-2-4-12(19)5-11)15-7-13(20)6-14(21)18(15)16;1-16-11(15)6-17-10-3-2-7-4-8(13)5-9(14)12(7)10;10-7-4-6-2-1-3-8(6)9(11)5-7;8-4-5-3-6(9)1-2-7(5)10;1-5-3(4)2-6/h2-7,9H,8,10H2,1H3;2-7,9H,8,10H2,1H3;3-5H,2,6H2,1H3;1,3-5H,2H2;1-3H,4H2;6H,2H2,1H3. The molecule has 12 nitrogen and oxygen atoms in total.